The van der Waals surface area contributed by atoms with E-state index >= 15 is 0 Å². The molecular weight excluding hydrogens is 258 g/mol. The number of carbonyl (C=O) groups is 1. The van der Waals surface area contributed by atoms with Crippen LogP contribution in [0.3, 0.4) is 0 Å². The maximum absolute atomic E-state index is 12.1. The molecule has 0 radical (unpaired) electrons. The molecule has 4 heteroatoms. The van der Waals surface area contributed by atoms with Gasteiger partial charge in [0.05, 0.1) is 5.69 Å². The summed E-state index contributed by atoms with van der Waals surface area (Å²) in [4.78, 5) is 12.1. The highest BCUT2D eigenvalue weighted by atomic mass is 32.2. The number of phenolic OH excluding ortho intramolecular Hbond substituents is 1. The Hall–Kier alpha value is -1.94. The van der Waals surface area contributed by atoms with Crippen molar-refractivity contribution in [2.45, 2.75) is 5.75 Å². The molecular formula is C15H15NO2S. The predicted molar refractivity (Wildman–Crippen MR) is 79.7 cm³/mol. The van der Waals surface area contributed by atoms with Gasteiger partial charge in [-0.1, -0.05) is 24.3 Å². The molecule has 3 nitrogen and oxygen atoms in total. The van der Waals surface area contributed by atoms with E-state index < -0.39 is 0 Å². The van der Waals surface area contributed by atoms with Crippen molar-refractivity contribution in [2.24, 2.45) is 0 Å². The topological polar surface area (TPSA) is 49.3 Å². The second-order valence-corrected chi connectivity index (χ2v) is 4.97. The Morgan fingerprint density at radius 1 is 1.21 bits per heavy atom. The first-order valence-corrected chi connectivity index (χ1v) is 7.27. The summed E-state index contributed by atoms with van der Waals surface area (Å²) >= 11 is 1.71. The molecule has 98 valence electrons. The van der Waals surface area contributed by atoms with E-state index in [-0.39, 0.29) is 11.7 Å². The average molecular weight is 273 g/mol. The van der Waals surface area contributed by atoms with Crippen LogP contribution in [0.1, 0.15) is 15.9 Å². The molecule has 0 spiro atoms. The summed E-state index contributed by atoms with van der Waals surface area (Å²) in [5.41, 5.74) is 2.12. The van der Waals surface area contributed by atoms with Gasteiger partial charge in [0.15, 0.2) is 0 Å². The number of hydrogen-bond donors (Lipinski definition) is 2. The number of amides is 1. The zero-order valence-electron chi connectivity index (χ0n) is 10.6. The summed E-state index contributed by atoms with van der Waals surface area (Å²) in [5, 5.41) is 12.3. The third kappa shape index (κ3) is 3.51. The van der Waals surface area contributed by atoms with Gasteiger partial charge in [0.25, 0.3) is 5.91 Å². The third-order valence-electron chi connectivity index (χ3n) is 2.65. The van der Waals surface area contributed by atoms with Crippen LogP contribution in [0.5, 0.6) is 5.75 Å². The highest BCUT2D eigenvalue weighted by Gasteiger charge is 2.08. The minimum absolute atomic E-state index is 0.0659. The second-order valence-electron chi connectivity index (χ2n) is 4.10. The molecule has 19 heavy (non-hydrogen) atoms. The first-order chi connectivity index (χ1) is 9.20. The van der Waals surface area contributed by atoms with E-state index in [9.17, 15) is 9.90 Å². The molecule has 2 aromatic carbocycles. The van der Waals surface area contributed by atoms with E-state index in [1.54, 1.807) is 42.1 Å². The van der Waals surface area contributed by atoms with E-state index in [2.05, 4.69) is 5.32 Å². The molecule has 0 unspecified atom stereocenters. The molecule has 0 aliphatic heterocycles. The van der Waals surface area contributed by atoms with Crippen LogP contribution in [0, 0.1) is 0 Å². The predicted octanol–water partition coefficient (Wildman–Crippen LogP) is 3.51. The van der Waals surface area contributed by atoms with Gasteiger partial charge >= 0.3 is 0 Å². The minimum atomic E-state index is -0.218. The third-order valence-corrected chi connectivity index (χ3v) is 3.27. The maximum Gasteiger partial charge on any atom is 0.255 e. The van der Waals surface area contributed by atoms with Crippen molar-refractivity contribution >= 4 is 23.4 Å². The van der Waals surface area contributed by atoms with Crippen LogP contribution < -0.4 is 5.32 Å². The molecule has 0 heterocycles. The van der Waals surface area contributed by atoms with Crippen LogP contribution in [0.25, 0.3) is 0 Å². The van der Waals surface area contributed by atoms with Crippen molar-refractivity contribution in [3.05, 3.63) is 59.7 Å². The lowest BCUT2D eigenvalue weighted by Crippen LogP contribution is -2.12. The van der Waals surface area contributed by atoms with E-state index in [1.165, 1.54) is 0 Å². The number of para-hydroxylation sites is 2. The standard InChI is InChI=1S/C15H15NO2S/c1-19-10-11-5-4-6-12(9-11)15(18)16-13-7-2-3-8-14(13)17/h2-9,17H,10H2,1H3,(H,16,18). The van der Waals surface area contributed by atoms with E-state index in [4.69, 9.17) is 0 Å². The Bertz CT molecular complexity index is 584. The summed E-state index contributed by atoms with van der Waals surface area (Å²) in [6.45, 7) is 0. The van der Waals surface area contributed by atoms with Gasteiger partial charge in [-0.25, -0.2) is 0 Å². The zero-order chi connectivity index (χ0) is 13.7. The summed E-state index contributed by atoms with van der Waals surface area (Å²) < 4.78 is 0. The van der Waals surface area contributed by atoms with Gasteiger partial charge < -0.3 is 10.4 Å². The summed E-state index contributed by atoms with van der Waals surface area (Å²) in [5.74, 6) is 0.720. The lowest BCUT2D eigenvalue weighted by Gasteiger charge is -2.08. The van der Waals surface area contributed by atoms with Crippen molar-refractivity contribution in [2.75, 3.05) is 11.6 Å². The van der Waals surface area contributed by atoms with Crippen molar-refractivity contribution < 1.29 is 9.90 Å². The number of thioether (sulfide) groups is 1. The highest BCUT2D eigenvalue weighted by Crippen LogP contribution is 2.22. The molecule has 2 N–H and O–H groups in total. The van der Waals surface area contributed by atoms with Gasteiger partial charge in [0.2, 0.25) is 0 Å². The second kappa shape index (κ2) is 6.29. The number of nitrogens with one attached hydrogen (secondary N) is 1. The number of anilines is 1. The smallest absolute Gasteiger partial charge is 0.255 e. The van der Waals surface area contributed by atoms with Crippen LogP contribution in [-0.4, -0.2) is 17.3 Å². The maximum atomic E-state index is 12.1. The first kappa shape index (κ1) is 13.5. The number of benzene rings is 2. The largest absolute Gasteiger partial charge is 0.506 e. The van der Waals surface area contributed by atoms with Gasteiger partial charge in [0, 0.05) is 11.3 Å². The molecule has 0 atom stereocenters. The lowest BCUT2D eigenvalue weighted by molar-refractivity contribution is 0.102. The van der Waals surface area contributed by atoms with Gasteiger partial charge in [-0.05, 0) is 36.1 Å². The fraction of sp³-hybridized carbons (Fsp3) is 0.133. The number of aromatic hydroxyl groups is 1. The van der Waals surface area contributed by atoms with Gasteiger partial charge in [-0.15, -0.1) is 0 Å². The Kier molecular flexibility index (Phi) is 4.47. The number of rotatable bonds is 4. The lowest BCUT2D eigenvalue weighted by atomic mass is 10.1. The zero-order valence-corrected chi connectivity index (χ0v) is 11.4. The van der Waals surface area contributed by atoms with Crippen LogP contribution >= 0.6 is 11.8 Å². The molecule has 2 aromatic rings. The Morgan fingerprint density at radius 3 is 2.74 bits per heavy atom. The first-order valence-electron chi connectivity index (χ1n) is 5.88. The summed E-state index contributed by atoms with van der Waals surface area (Å²) in [6.07, 6.45) is 2.02. The highest BCUT2D eigenvalue weighted by molar-refractivity contribution is 7.97. The van der Waals surface area contributed by atoms with Gasteiger partial charge in [0.1, 0.15) is 5.75 Å². The molecule has 0 fully saturated rings. The fourth-order valence-electron chi connectivity index (χ4n) is 1.74. The number of hydrogen-bond acceptors (Lipinski definition) is 3. The molecule has 0 aliphatic rings. The SMILES string of the molecule is CSCc1cccc(C(=O)Nc2ccccc2O)c1. The van der Waals surface area contributed by atoms with Crippen molar-refractivity contribution in [3.63, 3.8) is 0 Å². The number of phenols is 1. The Morgan fingerprint density at radius 2 is 2.00 bits per heavy atom. The minimum Gasteiger partial charge on any atom is -0.506 e. The number of carbonyl (C=O) groups excluding carboxylic acids is 1. The van der Waals surface area contributed by atoms with Gasteiger partial charge in [-0.3, -0.25) is 4.79 Å². The molecule has 0 bridgehead atoms. The molecule has 0 aliphatic carbocycles. The van der Waals surface area contributed by atoms with E-state index in [0.29, 0.717) is 11.3 Å². The van der Waals surface area contributed by atoms with Crippen LogP contribution in [0.15, 0.2) is 48.5 Å². The molecule has 1 amide bonds. The van der Waals surface area contributed by atoms with Crippen molar-refractivity contribution in [1.82, 2.24) is 0 Å². The van der Waals surface area contributed by atoms with E-state index in [0.717, 1.165) is 11.3 Å². The molecule has 0 saturated carbocycles. The Labute approximate surface area is 116 Å². The average Bonchev–Trinajstić information content (AvgIpc) is 2.42. The molecule has 0 saturated heterocycles. The van der Waals surface area contributed by atoms with Crippen LogP contribution in [0.2, 0.25) is 0 Å². The summed E-state index contributed by atoms with van der Waals surface area (Å²) in [6, 6.07) is 14.2. The quantitative estimate of drug-likeness (QED) is 0.838. The van der Waals surface area contributed by atoms with Gasteiger partial charge in [-0.2, -0.15) is 11.8 Å². The molecule has 2 rings (SSSR count). The normalized spacial score (nSPS) is 10.2. The van der Waals surface area contributed by atoms with E-state index in [1.807, 2.05) is 24.5 Å². The van der Waals surface area contributed by atoms with Crippen molar-refractivity contribution in [1.29, 1.82) is 0 Å². The molecule has 0 aromatic heterocycles. The Balaban J connectivity index is 2.16. The fourth-order valence-corrected chi connectivity index (χ4v) is 2.26. The van der Waals surface area contributed by atoms with Crippen LogP contribution in [0.4, 0.5) is 5.69 Å². The van der Waals surface area contributed by atoms with Crippen LogP contribution in [-0.2, 0) is 5.75 Å². The monoisotopic (exact) mass is 273 g/mol. The van der Waals surface area contributed by atoms with Crippen molar-refractivity contribution in [3.8, 4) is 5.75 Å². The summed E-state index contributed by atoms with van der Waals surface area (Å²) in [7, 11) is 0.